The summed E-state index contributed by atoms with van der Waals surface area (Å²) in [5.41, 5.74) is 3.40. The summed E-state index contributed by atoms with van der Waals surface area (Å²) in [5, 5.41) is 9.45. The second-order valence-electron chi connectivity index (χ2n) is 6.14. The van der Waals surface area contributed by atoms with Crippen LogP contribution in [0.5, 0.6) is 0 Å². The molecular weight excluding hydrogens is 324 g/mol. The Kier molecular flexibility index (Phi) is 8.19. The van der Waals surface area contributed by atoms with E-state index in [0.29, 0.717) is 0 Å². The molecule has 0 unspecified atom stereocenters. The molecular formula is C21H28N4O. The van der Waals surface area contributed by atoms with E-state index in [1.54, 1.807) is 7.05 Å². The highest BCUT2D eigenvalue weighted by Gasteiger charge is 2.00. The molecule has 0 aromatic heterocycles. The lowest BCUT2D eigenvalue weighted by molar-refractivity contribution is -0.114. The number of carbonyl (C=O) groups excluding carboxylic acids is 1. The molecule has 0 heterocycles. The largest absolute Gasteiger partial charge is 0.356 e. The third-order valence-electron chi connectivity index (χ3n) is 3.98. The number of hydrogen-bond acceptors (Lipinski definition) is 2. The second kappa shape index (κ2) is 10.9. The van der Waals surface area contributed by atoms with Crippen LogP contribution in [0.2, 0.25) is 0 Å². The van der Waals surface area contributed by atoms with Crippen LogP contribution in [-0.2, 0) is 17.6 Å². The smallest absolute Gasteiger partial charge is 0.221 e. The molecule has 26 heavy (non-hydrogen) atoms. The van der Waals surface area contributed by atoms with Crippen LogP contribution >= 0.6 is 0 Å². The van der Waals surface area contributed by atoms with Gasteiger partial charge in [0.2, 0.25) is 5.91 Å². The Hall–Kier alpha value is -2.82. The summed E-state index contributed by atoms with van der Waals surface area (Å²) in [4.78, 5) is 15.3. The number of nitrogens with zero attached hydrogens (tertiary/aromatic N) is 1. The third-order valence-corrected chi connectivity index (χ3v) is 3.98. The van der Waals surface area contributed by atoms with E-state index in [-0.39, 0.29) is 5.91 Å². The zero-order valence-corrected chi connectivity index (χ0v) is 15.6. The van der Waals surface area contributed by atoms with E-state index in [4.69, 9.17) is 0 Å². The van der Waals surface area contributed by atoms with Crippen molar-refractivity contribution in [1.82, 2.24) is 10.6 Å². The van der Waals surface area contributed by atoms with Crippen molar-refractivity contribution < 1.29 is 4.79 Å². The number of anilines is 1. The van der Waals surface area contributed by atoms with E-state index < -0.39 is 0 Å². The molecule has 0 atom stereocenters. The molecule has 1 amide bonds. The molecule has 0 radical (unpaired) electrons. The van der Waals surface area contributed by atoms with E-state index in [1.807, 2.05) is 30.3 Å². The molecule has 0 saturated carbocycles. The summed E-state index contributed by atoms with van der Waals surface area (Å²) in [6, 6.07) is 18.4. The number of rotatable bonds is 8. The molecule has 0 bridgehead atoms. The molecule has 2 aromatic rings. The first-order chi connectivity index (χ1) is 12.7. The normalized spacial score (nSPS) is 11.1. The quantitative estimate of drug-likeness (QED) is 0.389. The molecule has 5 heteroatoms. The van der Waals surface area contributed by atoms with Crippen molar-refractivity contribution in [3.63, 3.8) is 0 Å². The minimum Gasteiger partial charge on any atom is -0.356 e. The fourth-order valence-electron chi connectivity index (χ4n) is 2.65. The Morgan fingerprint density at radius 2 is 1.54 bits per heavy atom. The molecule has 0 aliphatic rings. The van der Waals surface area contributed by atoms with E-state index >= 15 is 0 Å². The van der Waals surface area contributed by atoms with Crippen LogP contribution < -0.4 is 16.0 Å². The van der Waals surface area contributed by atoms with Crippen molar-refractivity contribution in [3.05, 3.63) is 65.7 Å². The minimum absolute atomic E-state index is 0.0541. The number of amides is 1. The summed E-state index contributed by atoms with van der Waals surface area (Å²) < 4.78 is 0. The Balaban J connectivity index is 1.64. The van der Waals surface area contributed by atoms with Crippen LogP contribution in [0.15, 0.2) is 59.6 Å². The van der Waals surface area contributed by atoms with Gasteiger partial charge in [0, 0.05) is 32.7 Å². The Labute approximate surface area is 155 Å². The lowest BCUT2D eigenvalue weighted by atomic mass is 10.1. The minimum atomic E-state index is -0.0541. The van der Waals surface area contributed by atoms with E-state index in [2.05, 4.69) is 45.2 Å². The molecule has 2 aromatic carbocycles. The molecule has 0 saturated heterocycles. The average molecular weight is 352 g/mol. The van der Waals surface area contributed by atoms with Gasteiger partial charge in [0.1, 0.15) is 0 Å². The van der Waals surface area contributed by atoms with Gasteiger partial charge in [-0.15, -0.1) is 0 Å². The summed E-state index contributed by atoms with van der Waals surface area (Å²) in [6.45, 7) is 3.20. The van der Waals surface area contributed by atoms with Crippen molar-refractivity contribution in [2.24, 2.45) is 4.99 Å². The maximum absolute atomic E-state index is 11.0. The second-order valence-corrected chi connectivity index (χ2v) is 6.14. The zero-order chi connectivity index (χ0) is 18.6. The summed E-state index contributed by atoms with van der Waals surface area (Å²) in [7, 11) is 1.79. The fraction of sp³-hybridized carbons (Fsp3) is 0.333. The van der Waals surface area contributed by atoms with Gasteiger partial charge in [0.05, 0.1) is 0 Å². The van der Waals surface area contributed by atoms with Crippen LogP contribution in [0.25, 0.3) is 0 Å². The van der Waals surface area contributed by atoms with Crippen LogP contribution in [0.1, 0.15) is 24.5 Å². The number of guanidine groups is 1. The van der Waals surface area contributed by atoms with Crippen molar-refractivity contribution in [2.45, 2.75) is 26.2 Å². The van der Waals surface area contributed by atoms with Crippen LogP contribution in [-0.4, -0.2) is 32.0 Å². The van der Waals surface area contributed by atoms with Gasteiger partial charge in [-0.05, 0) is 42.5 Å². The van der Waals surface area contributed by atoms with Gasteiger partial charge in [0.25, 0.3) is 0 Å². The summed E-state index contributed by atoms with van der Waals surface area (Å²) in [6.07, 6.45) is 3.02. The first-order valence-electron chi connectivity index (χ1n) is 9.02. The lowest BCUT2D eigenvalue weighted by Gasteiger charge is -2.12. The van der Waals surface area contributed by atoms with Gasteiger partial charge in [-0.1, -0.05) is 42.5 Å². The van der Waals surface area contributed by atoms with Crippen LogP contribution in [0.4, 0.5) is 5.69 Å². The Morgan fingerprint density at radius 1 is 0.885 bits per heavy atom. The Bertz CT molecular complexity index is 696. The number of nitrogens with one attached hydrogen (secondary N) is 3. The molecule has 0 aliphatic heterocycles. The SMILES string of the molecule is CN=C(NCCCc1ccccc1)NCCc1ccc(NC(C)=O)cc1. The predicted octanol–water partition coefficient (Wildman–Crippen LogP) is 2.99. The average Bonchev–Trinajstić information content (AvgIpc) is 2.65. The standard InChI is InChI=1S/C21H28N4O/c1-17(26)25-20-12-10-19(11-13-20)14-16-24-21(22-2)23-15-6-9-18-7-4-3-5-8-18/h3-5,7-8,10-13H,6,9,14-16H2,1-2H3,(H,25,26)(H2,22,23,24). The lowest BCUT2D eigenvalue weighted by Crippen LogP contribution is -2.38. The van der Waals surface area contributed by atoms with Gasteiger partial charge in [-0.25, -0.2) is 0 Å². The number of aryl methyl sites for hydroxylation is 1. The van der Waals surface area contributed by atoms with Gasteiger partial charge >= 0.3 is 0 Å². The Morgan fingerprint density at radius 3 is 2.19 bits per heavy atom. The zero-order valence-electron chi connectivity index (χ0n) is 15.6. The van der Waals surface area contributed by atoms with Gasteiger partial charge in [0.15, 0.2) is 5.96 Å². The predicted molar refractivity (Wildman–Crippen MR) is 109 cm³/mol. The fourth-order valence-corrected chi connectivity index (χ4v) is 2.65. The van der Waals surface area contributed by atoms with Crippen molar-refractivity contribution in [1.29, 1.82) is 0 Å². The highest BCUT2D eigenvalue weighted by Crippen LogP contribution is 2.09. The topological polar surface area (TPSA) is 65.5 Å². The van der Waals surface area contributed by atoms with E-state index in [1.165, 1.54) is 18.1 Å². The summed E-state index contributed by atoms with van der Waals surface area (Å²) in [5.74, 6) is 0.773. The monoisotopic (exact) mass is 352 g/mol. The number of hydrogen-bond donors (Lipinski definition) is 3. The van der Waals surface area contributed by atoms with E-state index in [0.717, 1.165) is 44.0 Å². The van der Waals surface area contributed by atoms with Crippen LogP contribution in [0, 0.1) is 0 Å². The van der Waals surface area contributed by atoms with Gasteiger partial charge < -0.3 is 16.0 Å². The first-order valence-corrected chi connectivity index (χ1v) is 9.02. The molecule has 5 nitrogen and oxygen atoms in total. The molecule has 3 N–H and O–H groups in total. The molecule has 0 aliphatic carbocycles. The molecule has 2 rings (SSSR count). The number of benzene rings is 2. The highest BCUT2D eigenvalue weighted by atomic mass is 16.1. The molecule has 0 fully saturated rings. The van der Waals surface area contributed by atoms with Crippen molar-refractivity contribution in [2.75, 3.05) is 25.5 Å². The highest BCUT2D eigenvalue weighted by molar-refractivity contribution is 5.88. The first kappa shape index (κ1) is 19.5. The third kappa shape index (κ3) is 7.38. The van der Waals surface area contributed by atoms with Gasteiger partial charge in [-0.3, -0.25) is 9.79 Å². The summed E-state index contributed by atoms with van der Waals surface area (Å²) >= 11 is 0. The maximum atomic E-state index is 11.0. The molecule has 138 valence electrons. The van der Waals surface area contributed by atoms with Crippen LogP contribution in [0.3, 0.4) is 0 Å². The maximum Gasteiger partial charge on any atom is 0.221 e. The van der Waals surface area contributed by atoms with Gasteiger partial charge in [-0.2, -0.15) is 0 Å². The van der Waals surface area contributed by atoms with E-state index in [9.17, 15) is 4.79 Å². The number of aliphatic imine (C=N–C) groups is 1. The number of carbonyl (C=O) groups is 1. The molecule has 0 spiro atoms. The van der Waals surface area contributed by atoms with Crippen molar-refractivity contribution >= 4 is 17.6 Å². The van der Waals surface area contributed by atoms with Crippen molar-refractivity contribution in [3.8, 4) is 0 Å².